The van der Waals surface area contributed by atoms with Crippen LogP contribution in [0.5, 0.6) is 0 Å². The van der Waals surface area contributed by atoms with E-state index in [0.717, 1.165) is 0 Å². The summed E-state index contributed by atoms with van der Waals surface area (Å²) in [5.74, 6) is 0. The van der Waals surface area contributed by atoms with Gasteiger partial charge in [0.2, 0.25) is 0 Å². The third-order valence-corrected chi connectivity index (χ3v) is 0. The molecule has 0 saturated heterocycles. The average Bonchev–Trinajstić information content (AvgIpc) is 0.722. The van der Waals surface area contributed by atoms with Gasteiger partial charge in [0.1, 0.15) is 0 Å². The molecule has 0 aliphatic heterocycles. The summed E-state index contributed by atoms with van der Waals surface area (Å²) in [6.07, 6.45) is 0. The van der Waals surface area contributed by atoms with Crippen LogP contribution in [0, 0.1) is 0 Å². The van der Waals surface area contributed by atoms with Crippen LogP contribution in [-0.4, -0.2) is 8.32 Å². The zero-order valence-electron chi connectivity index (χ0n) is 3.50. The molecule has 0 rings (SSSR count). The molecular weight excluding hydrogens is 142 g/mol. The Labute approximate surface area is 53.5 Å². The van der Waals surface area contributed by atoms with Crippen LogP contribution in [0.2, 0.25) is 0 Å². The van der Waals surface area contributed by atoms with Crippen molar-refractivity contribution in [3.63, 3.8) is 0 Å². The molecule has 0 aliphatic carbocycles. The molecule has 0 bridgehead atoms. The summed E-state index contributed by atoms with van der Waals surface area (Å²) in [7, 11) is 0. The molecule has 0 aromatic carbocycles. The fourth-order valence-corrected chi connectivity index (χ4v) is 0. The molecule has 0 atom stereocenters. The Morgan fingerprint density at radius 3 is 1.14 bits per heavy atom. The van der Waals surface area contributed by atoms with Gasteiger partial charge in [0.05, 0.1) is 0 Å². The van der Waals surface area contributed by atoms with Crippen LogP contribution >= 0.6 is 0 Å². The fourth-order valence-electron chi connectivity index (χ4n) is 0. The topological polar surface area (TPSA) is 74.6 Å². The second-order valence-electron chi connectivity index (χ2n) is 0.448. The Hall–Kier alpha value is 0.580. The molecule has 2 N–H and O–H groups in total. The van der Waals surface area contributed by atoms with Gasteiger partial charge in [0, 0.05) is 0 Å². The van der Waals surface area contributed by atoms with Crippen LogP contribution in [0.4, 0.5) is 0 Å². The van der Waals surface area contributed by atoms with Crippen molar-refractivity contribution in [1.82, 2.24) is 0 Å². The molecule has 0 amide bonds. The van der Waals surface area contributed by atoms with Crippen molar-refractivity contribution in [2.75, 3.05) is 0 Å². The Morgan fingerprint density at radius 1 is 1.14 bits per heavy atom. The summed E-state index contributed by atoms with van der Waals surface area (Å²) in [6, 6.07) is 0. The molecule has 0 heterocycles. The first-order chi connectivity index (χ1) is 2.00. The van der Waals surface area contributed by atoms with E-state index in [1.165, 1.54) is 0 Å². The first-order valence-electron chi connectivity index (χ1n) is 0.698. The molecule has 0 aromatic heterocycles. The Morgan fingerprint density at radius 2 is 1.14 bits per heavy atom. The van der Waals surface area contributed by atoms with E-state index in [4.69, 9.17) is 15.9 Å². The maximum absolute atomic E-state index is 8.82. The van der Waals surface area contributed by atoms with Gasteiger partial charge in [-0.3, -0.25) is 0 Å². The number of hydrogen-bond donors (Lipinski definition) is 2. The minimum atomic E-state index is -5.25. The van der Waals surface area contributed by atoms with Crippen LogP contribution in [0.1, 0.15) is 0 Å². The predicted molar refractivity (Wildman–Crippen MR) is 5.81 cm³/mol. The van der Waals surface area contributed by atoms with Gasteiger partial charge < -0.3 is 4.70 Å². The maximum atomic E-state index is 8.82. The summed E-state index contributed by atoms with van der Waals surface area (Å²) in [4.78, 5) is 0. The van der Waals surface area contributed by atoms with E-state index in [-0.39, 0.29) is 23.6 Å². The summed E-state index contributed by atoms with van der Waals surface area (Å²) in [5, 5.41) is 0. The van der Waals surface area contributed by atoms with E-state index in [0.29, 0.717) is 0 Å². The summed E-state index contributed by atoms with van der Waals surface area (Å²) in [6.45, 7) is 0. The second-order valence-corrected chi connectivity index (χ2v) is 1.85. The first kappa shape index (κ1) is 15.6. The normalized spacial score (nSPS) is 8.29. The molecule has 0 aliphatic rings. The van der Waals surface area contributed by atoms with Crippen molar-refractivity contribution in [1.29, 1.82) is 0 Å². The molecule has 0 unspecified atom stereocenters. The molecule has 0 saturated carbocycles. The van der Waals surface area contributed by atoms with E-state index in [1.54, 1.807) is 0 Å². The number of hydrogen-bond acceptors (Lipinski definition) is 2. The first-order valence-corrected chi connectivity index (χ1v) is 2.88. The van der Waals surface area contributed by atoms with Gasteiger partial charge in [-0.15, -0.1) is 0 Å². The van der Waals surface area contributed by atoms with E-state index in [2.05, 4.69) is 0 Å². The predicted octanol–water partition coefficient (Wildman–Crippen LogP) is -7.35. The molecule has 7 heavy (non-hydrogen) atoms. The quantitative estimate of drug-likeness (QED) is 0.331. The van der Waals surface area contributed by atoms with Gasteiger partial charge in [-0.05, 0) is 0 Å². The van der Waals surface area contributed by atoms with E-state index >= 15 is 0 Å². The third-order valence-electron chi connectivity index (χ3n) is 0. The van der Waals surface area contributed by atoms with E-state index < -0.39 is 13.6 Å². The van der Waals surface area contributed by atoms with Crippen LogP contribution in [-0.2, 0) is 21.2 Å². The van der Waals surface area contributed by atoms with Crippen LogP contribution in [0.25, 0.3) is 0 Å². The molecule has 0 fully saturated rings. The molecule has 4 nitrogen and oxygen atoms in total. The molecule has 0 aromatic rings. The fraction of sp³-hybridized carbons (Fsp3) is 0. The van der Waals surface area contributed by atoms with Gasteiger partial charge in [-0.1, -0.05) is 0 Å². The van der Waals surface area contributed by atoms with Gasteiger partial charge in [-0.2, -0.15) is 0 Å². The van der Waals surface area contributed by atoms with Crippen molar-refractivity contribution < 1.29 is 53.1 Å². The monoisotopic (exact) mass is 144 g/mol. The molecule has 7 heteroatoms. The second kappa shape index (κ2) is 4.73. The number of halogens is 1. The summed E-state index contributed by atoms with van der Waals surface area (Å²) >= 11 is -5.25. The standard InChI is InChI=1S/Cr.FH.Li.2H2O.2O/h;1H;;2*1H2;;/q+2;;+1;;;;/p-3. The van der Waals surface area contributed by atoms with Crippen molar-refractivity contribution in [3.05, 3.63) is 0 Å². The zero-order valence-corrected chi connectivity index (χ0v) is 4.77. The zero-order chi connectivity index (χ0) is 4.50. The Kier molecular flexibility index (Phi) is 10.6. The van der Waals surface area contributed by atoms with E-state index in [9.17, 15) is 0 Å². The van der Waals surface area contributed by atoms with Crippen molar-refractivity contribution in [2.45, 2.75) is 0 Å². The van der Waals surface area contributed by atoms with Crippen LogP contribution < -0.4 is 23.6 Å². The molecular formula is H2CrFLiO4. The Bertz CT molecular complexity index is 94.9. The average molecular weight is 144 g/mol. The molecule has 0 spiro atoms. The van der Waals surface area contributed by atoms with Gasteiger partial charge in [0.15, 0.2) is 0 Å². The van der Waals surface area contributed by atoms with Crippen LogP contribution in [0.15, 0.2) is 0 Å². The molecule has 40 valence electrons. The van der Waals surface area contributed by atoms with Gasteiger partial charge >= 0.3 is 48.4 Å². The van der Waals surface area contributed by atoms with Crippen molar-refractivity contribution in [2.24, 2.45) is 0 Å². The van der Waals surface area contributed by atoms with Crippen molar-refractivity contribution >= 4 is 0 Å². The van der Waals surface area contributed by atoms with Gasteiger partial charge in [0.25, 0.3) is 0 Å². The SMILES string of the molecule is [F-].[Li+].[O]=[Cr](=[O])([OH])[OH]. The summed E-state index contributed by atoms with van der Waals surface area (Å²) < 4.78 is 31.9. The minimum absolute atomic E-state index is 0. The van der Waals surface area contributed by atoms with Crippen molar-refractivity contribution in [3.8, 4) is 0 Å². The van der Waals surface area contributed by atoms with Gasteiger partial charge in [-0.25, -0.2) is 0 Å². The third kappa shape index (κ3) is 410. The van der Waals surface area contributed by atoms with Crippen LogP contribution in [0.3, 0.4) is 0 Å². The summed E-state index contributed by atoms with van der Waals surface area (Å²) in [5.41, 5.74) is 0. The molecule has 0 radical (unpaired) electrons. The number of rotatable bonds is 0. The Balaban J connectivity index is -0.0000000800. The van der Waals surface area contributed by atoms with E-state index in [1.807, 2.05) is 0 Å².